The molecule has 0 saturated carbocycles. The van der Waals surface area contributed by atoms with Crippen LogP contribution in [0.2, 0.25) is 0 Å². The monoisotopic (exact) mass is 373 g/mol. The molecule has 0 unspecified atom stereocenters. The van der Waals surface area contributed by atoms with E-state index in [-0.39, 0.29) is 11.5 Å². The van der Waals surface area contributed by atoms with E-state index in [2.05, 4.69) is 26.4 Å². The topological polar surface area (TPSA) is 79.6 Å². The largest absolute Gasteiger partial charge is 0.351 e. The summed E-state index contributed by atoms with van der Waals surface area (Å²) in [6.07, 6.45) is 11.5. The fraction of sp³-hybridized carbons (Fsp3) is 0.556. The van der Waals surface area contributed by atoms with Crippen LogP contribution in [0.3, 0.4) is 0 Å². The predicted molar refractivity (Wildman–Crippen MR) is 102 cm³/mol. The molecule has 138 valence electrons. The molecule has 2 aromatic rings. The van der Waals surface area contributed by atoms with Crippen molar-refractivity contribution in [2.24, 2.45) is 0 Å². The molecule has 1 amide bonds. The molecule has 0 atom stereocenters. The molecule has 1 saturated heterocycles. The lowest BCUT2D eigenvalue weighted by atomic mass is 9.97. The van der Waals surface area contributed by atoms with Crippen LogP contribution in [0.25, 0.3) is 4.96 Å². The summed E-state index contributed by atoms with van der Waals surface area (Å²) in [4.78, 5) is 32.0. The van der Waals surface area contributed by atoms with Crippen molar-refractivity contribution >= 4 is 27.3 Å². The van der Waals surface area contributed by atoms with E-state index in [0.717, 1.165) is 50.3 Å². The van der Waals surface area contributed by atoms with Crippen molar-refractivity contribution in [1.82, 2.24) is 19.9 Å². The summed E-state index contributed by atoms with van der Waals surface area (Å²) in [5.41, 5.74) is 1.06. The van der Waals surface area contributed by atoms with Gasteiger partial charge in [0.1, 0.15) is 5.56 Å². The average Bonchev–Trinajstić information content (AvgIpc) is 3.32. The lowest BCUT2D eigenvalue weighted by Crippen LogP contribution is -2.32. The van der Waals surface area contributed by atoms with Gasteiger partial charge in [-0.2, -0.15) is 4.52 Å². The first-order valence-electron chi connectivity index (χ1n) is 9.32. The van der Waals surface area contributed by atoms with E-state index < -0.39 is 5.56 Å². The number of carbonyl (C=O) groups excluding carboxylic acids is 1. The molecule has 1 aliphatic carbocycles. The van der Waals surface area contributed by atoms with Gasteiger partial charge in [-0.1, -0.05) is 23.0 Å². The number of aromatic nitrogens is 3. The van der Waals surface area contributed by atoms with Crippen LogP contribution in [0.4, 0.5) is 5.13 Å². The highest BCUT2D eigenvalue weighted by molar-refractivity contribution is 7.20. The third kappa shape index (κ3) is 3.51. The summed E-state index contributed by atoms with van der Waals surface area (Å²) in [6.45, 7) is 2.46. The van der Waals surface area contributed by atoms with Gasteiger partial charge < -0.3 is 10.2 Å². The minimum absolute atomic E-state index is 0.0541. The van der Waals surface area contributed by atoms with E-state index in [9.17, 15) is 9.59 Å². The second-order valence-electron chi connectivity index (χ2n) is 6.86. The maximum atomic E-state index is 12.6. The first kappa shape index (κ1) is 17.2. The van der Waals surface area contributed by atoms with Crippen molar-refractivity contribution in [3.8, 4) is 0 Å². The number of anilines is 1. The molecule has 7 nitrogen and oxygen atoms in total. The molecule has 1 aliphatic heterocycles. The van der Waals surface area contributed by atoms with E-state index in [1.807, 2.05) is 0 Å². The highest BCUT2D eigenvalue weighted by Gasteiger charge is 2.20. The van der Waals surface area contributed by atoms with Gasteiger partial charge in [-0.3, -0.25) is 9.59 Å². The third-order valence-electron chi connectivity index (χ3n) is 5.01. The third-order valence-corrected chi connectivity index (χ3v) is 6.00. The molecule has 0 aromatic carbocycles. The second-order valence-corrected chi connectivity index (χ2v) is 7.80. The molecule has 0 spiro atoms. The number of carbonyl (C=O) groups is 1. The van der Waals surface area contributed by atoms with E-state index in [0.29, 0.717) is 11.5 Å². The maximum Gasteiger partial charge on any atom is 0.288 e. The Kier molecular flexibility index (Phi) is 5.01. The van der Waals surface area contributed by atoms with Crippen molar-refractivity contribution < 1.29 is 4.79 Å². The SMILES string of the molecule is O=C(NCCC1=CCCCC1)c1cnc2sc(N3CCCC3)nn2c1=O. The lowest BCUT2D eigenvalue weighted by Gasteiger charge is -2.12. The van der Waals surface area contributed by atoms with Crippen LogP contribution in [0.15, 0.2) is 22.6 Å². The Morgan fingerprint density at radius 3 is 2.85 bits per heavy atom. The van der Waals surface area contributed by atoms with E-state index in [1.54, 1.807) is 0 Å². The number of nitrogens with zero attached hydrogens (tertiary/aromatic N) is 4. The Morgan fingerprint density at radius 1 is 1.23 bits per heavy atom. The lowest BCUT2D eigenvalue weighted by molar-refractivity contribution is 0.0952. The highest BCUT2D eigenvalue weighted by atomic mass is 32.1. The molecule has 2 aliphatic rings. The van der Waals surface area contributed by atoms with Gasteiger partial charge in [0.05, 0.1) is 0 Å². The fourth-order valence-corrected chi connectivity index (χ4v) is 4.44. The van der Waals surface area contributed by atoms with Crippen molar-refractivity contribution in [2.75, 3.05) is 24.5 Å². The van der Waals surface area contributed by atoms with Crippen LogP contribution in [0, 0.1) is 0 Å². The van der Waals surface area contributed by atoms with Crippen LogP contribution in [-0.2, 0) is 0 Å². The standard InChI is InChI=1S/C18H23N5O2S/c24-15(19-9-8-13-6-2-1-3-7-13)14-12-20-17-23(16(14)25)21-18(26-17)22-10-4-5-11-22/h6,12H,1-5,7-11H2,(H,19,24). The van der Waals surface area contributed by atoms with Crippen molar-refractivity contribution in [3.05, 3.63) is 33.8 Å². The number of nitrogens with one attached hydrogen (secondary N) is 1. The first-order valence-corrected chi connectivity index (χ1v) is 10.1. The molecule has 26 heavy (non-hydrogen) atoms. The Labute approximate surface area is 155 Å². The van der Waals surface area contributed by atoms with Gasteiger partial charge in [0.2, 0.25) is 10.1 Å². The summed E-state index contributed by atoms with van der Waals surface area (Å²) < 4.78 is 1.26. The summed E-state index contributed by atoms with van der Waals surface area (Å²) in [7, 11) is 0. The predicted octanol–water partition coefficient (Wildman–Crippen LogP) is 2.37. The Balaban J connectivity index is 1.47. The van der Waals surface area contributed by atoms with Gasteiger partial charge in [-0.05, 0) is 44.9 Å². The smallest absolute Gasteiger partial charge is 0.288 e. The Bertz CT molecular complexity index is 895. The molecule has 3 heterocycles. The molecule has 1 fully saturated rings. The molecule has 4 rings (SSSR count). The van der Waals surface area contributed by atoms with Crippen LogP contribution >= 0.6 is 11.3 Å². The Morgan fingerprint density at radius 2 is 2.08 bits per heavy atom. The number of hydrogen-bond acceptors (Lipinski definition) is 6. The summed E-state index contributed by atoms with van der Waals surface area (Å²) >= 11 is 1.39. The summed E-state index contributed by atoms with van der Waals surface area (Å²) in [5, 5.41) is 8.03. The number of rotatable bonds is 5. The quantitative estimate of drug-likeness (QED) is 0.814. The minimum atomic E-state index is -0.397. The summed E-state index contributed by atoms with van der Waals surface area (Å²) in [6, 6.07) is 0. The molecule has 0 bridgehead atoms. The molecule has 1 N–H and O–H groups in total. The zero-order valence-corrected chi connectivity index (χ0v) is 15.6. The van der Waals surface area contributed by atoms with Gasteiger partial charge in [0.15, 0.2) is 0 Å². The fourth-order valence-electron chi connectivity index (χ4n) is 3.53. The number of amides is 1. The highest BCUT2D eigenvalue weighted by Crippen LogP contribution is 2.24. The molecular weight excluding hydrogens is 350 g/mol. The molecule has 2 aromatic heterocycles. The van der Waals surface area contributed by atoms with Crippen molar-refractivity contribution in [2.45, 2.75) is 44.9 Å². The van der Waals surface area contributed by atoms with Gasteiger partial charge in [-0.25, -0.2) is 4.98 Å². The van der Waals surface area contributed by atoms with Gasteiger partial charge in [0.25, 0.3) is 11.5 Å². The zero-order chi connectivity index (χ0) is 17.9. The molecule has 0 radical (unpaired) electrons. The van der Waals surface area contributed by atoms with Crippen LogP contribution in [0.5, 0.6) is 0 Å². The second kappa shape index (κ2) is 7.57. The number of allylic oxidation sites excluding steroid dienone is 1. The van der Waals surface area contributed by atoms with Crippen LogP contribution < -0.4 is 15.8 Å². The van der Waals surface area contributed by atoms with Gasteiger partial charge in [-0.15, -0.1) is 5.10 Å². The first-order chi connectivity index (χ1) is 12.7. The molecular formula is C18H23N5O2S. The van der Waals surface area contributed by atoms with Crippen molar-refractivity contribution in [1.29, 1.82) is 0 Å². The van der Waals surface area contributed by atoms with E-state index >= 15 is 0 Å². The average molecular weight is 373 g/mol. The minimum Gasteiger partial charge on any atom is -0.351 e. The summed E-state index contributed by atoms with van der Waals surface area (Å²) in [5.74, 6) is -0.371. The van der Waals surface area contributed by atoms with Crippen molar-refractivity contribution in [3.63, 3.8) is 0 Å². The zero-order valence-electron chi connectivity index (χ0n) is 14.7. The molecule has 8 heteroatoms. The van der Waals surface area contributed by atoms with Gasteiger partial charge >= 0.3 is 0 Å². The maximum absolute atomic E-state index is 12.6. The van der Waals surface area contributed by atoms with Gasteiger partial charge in [0, 0.05) is 25.8 Å². The number of hydrogen-bond donors (Lipinski definition) is 1. The van der Waals surface area contributed by atoms with E-state index in [1.165, 1.54) is 40.5 Å². The number of fused-ring (bicyclic) bond motifs is 1. The van der Waals surface area contributed by atoms with E-state index in [4.69, 9.17) is 0 Å². The van der Waals surface area contributed by atoms with Crippen LogP contribution in [-0.4, -0.2) is 40.1 Å². The van der Waals surface area contributed by atoms with Crippen LogP contribution in [0.1, 0.15) is 55.3 Å². The Hall–Kier alpha value is -2.22. The normalized spacial score (nSPS) is 17.5.